The molecule has 0 aromatic heterocycles. The topological polar surface area (TPSA) is 509 Å². The summed E-state index contributed by atoms with van der Waals surface area (Å²) < 4.78 is 47.6. The van der Waals surface area contributed by atoms with E-state index >= 15 is 0 Å². The molecule has 838 valence electrons. The van der Waals surface area contributed by atoms with Crippen LogP contribution in [0.2, 0.25) is 0 Å². The van der Waals surface area contributed by atoms with E-state index in [0.29, 0.717) is 92.9 Å². The van der Waals surface area contributed by atoms with Crippen molar-refractivity contribution < 1.29 is 149 Å². The Bertz CT molecular complexity index is 4620. The number of hydrogen-bond acceptors (Lipinski definition) is 30. The fourth-order valence-corrected chi connectivity index (χ4v) is 34.6. The van der Waals surface area contributed by atoms with Crippen LogP contribution in [0.3, 0.4) is 0 Å². The zero-order chi connectivity index (χ0) is 108. The number of ketones is 3. The molecule has 4 aliphatic heterocycles. The molecular weight excluding hydrogens is 1870 g/mol. The zero-order valence-electron chi connectivity index (χ0n) is 93.0. The molecular formula is C116H194O30. The highest BCUT2D eigenvalue weighted by Gasteiger charge is 2.75. The minimum Gasteiger partial charge on any atom is -0.394 e. The van der Waals surface area contributed by atoms with Crippen LogP contribution in [0.25, 0.3) is 0 Å². The number of carbonyl (C=O) groups excluding carboxylic acids is 3. The normalized spacial score (nSPS) is 48.2. The van der Waals surface area contributed by atoms with E-state index in [0.717, 1.165) is 96.3 Å². The van der Waals surface area contributed by atoms with Crippen molar-refractivity contribution >= 4 is 17.3 Å². The van der Waals surface area contributed by atoms with Crippen molar-refractivity contribution in [3.8, 4) is 0 Å². The van der Waals surface area contributed by atoms with E-state index in [1.54, 1.807) is 55.4 Å². The second-order valence-corrected chi connectivity index (χ2v) is 55.2. The lowest BCUT2D eigenvalue weighted by molar-refractivity contribution is -0.338. The smallest absolute Gasteiger partial charge is 0.187 e. The van der Waals surface area contributed by atoms with Gasteiger partial charge in [0.25, 0.3) is 0 Å². The van der Waals surface area contributed by atoms with Gasteiger partial charge < -0.3 is 135 Å². The highest BCUT2D eigenvalue weighted by Crippen LogP contribution is 2.79. The maximum atomic E-state index is 14.6. The fraction of sp³-hybridized carbons (Fsp3) is 0.922. The van der Waals surface area contributed by atoms with Crippen molar-refractivity contribution in [2.75, 3.05) is 26.4 Å². The molecule has 13 fully saturated rings. The summed E-state index contributed by atoms with van der Waals surface area (Å²) in [5, 5.41) is 200. The van der Waals surface area contributed by atoms with Crippen molar-refractivity contribution in [3.63, 3.8) is 0 Å². The first-order valence-electron chi connectivity index (χ1n) is 56.2. The Morgan fingerprint density at radius 3 is 1.06 bits per heavy atom. The molecule has 0 amide bonds. The lowest BCUT2D eigenvalue weighted by Gasteiger charge is -2.65. The van der Waals surface area contributed by atoms with Gasteiger partial charge in [0.2, 0.25) is 0 Å². The Morgan fingerprint density at radius 2 is 0.685 bits per heavy atom. The summed E-state index contributed by atoms with van der Waals surface area (Å²) in [6.45, 7) is 52.1. The minimum atomic E-state index is -1.67. The lowest BCUT2D eigenvalue weighted by atomic mass is 9.38. The summed E-state index contributed by atoms with van der Waals surface area (Å²) >= 11 is 0. The van der Waals surface area contributed by atoms with Gasteiger partial charge in [-0.05, 0) is 280 Å². The largest absolute Gasteiger partial charge is 0.394 e. The van der Waals surface area contributed by atoms with E-state index in [1.807, 2.05) is 0 Å². The summed E-state index contributed by atoms with van der Waals surface area (Å²) in [5.74, 6) is 2.76. The number of aliphatic hydroxyl groups excluding tert-OH is 16. The first kappa shape index (κ1) is 119. The van der Waals surface area contributed by atoms with Crippen LogP contribution in [0.1, 0.15) is 334 Å². The first-order chi connectivity index (χ1) is 67.4. The third-order valence-electron chi connectivity index (χ3n) is 45.5. The SMILES string of the molecule is C[C@@H]1[C@@H](O)[C@H](OC[C@H]2O[C@@H](O[C@H](CC[C@@H](C)C3CC[C@@]4(C)C5CC=C6C(CC[C@H](O)C6(C)C)[C@]5(C)C(=O)C[C@]34C)C(C)(C)O)[C@H](O)[C@@H](O)[C@@H]2O)O[C@H](CO)[C@H]1O.C[C@H](CC[C@@H](O)C(C)(C)O)C1CC[C@@]2(C)C3CC=C4C(CC[C@H](O[C@@H]5O[C@H](CO)[C@@H](O)[C@H](O)[C@H]5O)C4(C)C)[C@]3(C)C(=O)C[C@]12C.C[C@H]1[C@H](O)[C@@H](O)[C@H](O[C@H](CC[C@@H](C)C2CC[C@@]3(C)C4CC=C5C(CC[C@H](O)C5(C)C)[C@]4(C)C(=O)C[C@]23C)C(C)(C)O)O[C@@H]1CO. The quantitative estimate of drug-likeness (QED) is 0.0340. The molecule has 9 saturated carbocycles. The lowest BCUT2D eigenvalue weighted by Crippen LogP contribution is -2.64. The van der Waals surface area contributed by atoms with Gasteiger partial charge in [0.1, 0.15) is 84.5 Å². The molecule has 30 nitrogen and oxygen atoms in total. The Hall–Kier alpha value is -2.85. The molecule has 0 aromatic carbocycles. The van der Waals surface area contributed by atoms with Gasteiger partial charge in [-0.3, -0.25) is 14.4 Å². The number of fused-ring (bicyclic) bond motifs is 15. The summed E-state index contributed by atoms with van der Waals surface area (Å²) in [7, 11) is 0. The highest BCUT2D eigenvalue weighted by molar-refractivity contribution is 5.90. The standard InChI is InChI=1S/C43H72O13.C37H62O8.C36H60O9/c1-21(23-16-17-41(7)28-13-11-24-25(12-14-29(45)39(24,3)4)43(28,9)30(46)18-42(23,41)8)10-15-31(40(5,6)52)56-38-36(51)35(50)34(49)27(55-38)20-53-37-33(48)22(2)32(47)26(19-44)54-37;1-20(10-15-29(34(5,6)43)45-32-31(42)30(41)21(2)25(19-38)44-32)22-16-17-35(7)26-13-11-23-24(12-14-27(39)33(23,3)4)37(26,9)28(40)18-36(22,35)8;1-19(9-13-25(38)33(4,5)43)20-15-16-34(6)24-12-10-21-22(36(24,8)26(39)17-35(20,34)7)11-14-27(32(21,2)3)45-31-30(42)29(41)28(40)23(18-37)44-31/h11,21-23,25-29,31-38,44-45,47-52H,10,12-20H2,1-9H3;11,20-22,24-27,29-32,38-39,41-43H,10,12-19H2,1-9H3;10,19-20,22-25,27-31,37-38,40-43H,9,11-18H2,1-8H3/t21-,22+,23?,25?,26-,27-,28?,29+,31-,32+,33-,34-,35+,36-,37-,38+,41+,42-,43+;20-,21-,22?,24?,25-,26?,27+,29-,30+,31-,32+,35+,36-,37+;19-,20?,22?,23-,24?,25-,27+,28-,29+,30-,31+,34+,35-,36+/m111/s1. The van der Waals surface area contributed by atoms with E-state index in [2.05, 4.69) is 143 Å². The summed E-state index contributed by atoms with van der Waals surface area (Å²) in [6, 6.07) is 0. The molecule has 0 bridgehead atoms. The number of hydrogen-bond donors (Lipinski definition) is 19. The van der Waals surface area contributed by atoms with Crippen LogP contribution in [0.4, 0.5) is 0 Å². The van der Waals surface area contributed by atoms with Crippen LogP contribution in [0.5, 0.6) is 0 Å². The second kappa shape index (κ2) is 42.5. The highest BCUT2D eigenvalue weighted by atomic mass is 16.7. The Kier molecular flexibility index (Phi) is 34.5. The van der Waals surface area contributed by atoms with Gasteiger partial charge in [-0.15, -0.1) is 0 Å². The average molecular weight is 2070 g/mol. The van der Waals surface area contributed by atoms with E-state index in [1.165, 1.54) is 16.7 Å². The molecule has 0 aromatic rings. The molecule has 9 unspecified atom stereocenters. The van der Waals surface area contributed by atoms with Gasteiger partial charge in [-0.2, -0.15) is 0 Å². The molecule has 146 heavy (non-hydrogen) atoms. The summed E-state index contributed by atoms with van der Waals surface area (Å²) in [5.41, 5.74) is -3.07. The molecule has 4 heterocycles. The number of allylic oxidation sites excluding steroid dienone is 3. The van der Waals surface area contributed by atoms with Gasteiger partial charge in [0.15, 0.2) is 25.2 Å². The molecule has 16 aliphatic rings. The van der Waals surface area contributed by atoms with Gasteiger partial charge in [-0.1, -0.05) is 173 Å². The van der Waals surface area contributed by atoms with Crippen LogP contribution in [-0.2, 0) is 52.3 Å². The maximum absolute atomic E-state index is 14.6. The molecule has 0 radical (unpaired) electrons. The third-order valence-corrected chi connectivity index (χ3v) is 45.5. The van der Waals surface area contributed by atoms with Crippen molar-refractivity contribution in [2.45, 2.75) is 498 Å². The van der Waals surface area contributed by atoms with E-state index < -0.39 is 199 Å². The van der Waals surface area contributed by atoms with Gasteiger partial charge in [0, 0.05) is 63.6 Å². The Morgan fingerprint density at radius 1 is 0.356 bits per heavy atom. The van der Waals surface area contributed by atoms with Crippen molar-refractivity contribution in [1.82, 2.24) is 0 Å². The zero-order valence-corrected chi connectivity index (χ0v) is 93.0. The molecule has 12 aliphatic carbocycles. The number of rotatable bonds is 27. The van der Waals surface area contributed by atoms with Crippen LogP contribution >= 0.6 is 0 Å². The number of ether oxygens (including phenoxy) is 8. The van der Waals surface area contributed by atoms with Crippen LogP contribution < -0.4 is 0 Å². The molecule has 4 saturated heterocycles. The molecule has 16 rings (SSSR count). The monoisotopic (exact) mass is 2070 g/mol. The van der Waals surface area contributed by atoms with Gasteiger partial charge >= 0.3 is 0 Å². The summed E-state index contributed by atoms with van der Waals surface area (Å²) in [6.07, 6.45) is -0.562. The molecule has 47 atom stereocenters. The van der Waals surface area contributed by atoms with Crippen molar-refractivity contribution in [3.05, 3.63) is 34.9 Å². The van der Waals surface area contributed by atoms with Crippen LogP contribution in [-0.4, -0.2) is 305 Å². The minimum absolute atomic E-state index is 0.00909. The first-order valence-corrected chi connectivity index (χ1v) is 56.2. The van der Waals surface area contributed by atoms with E-state index in [9.17, 15) is 111 Å². The average Bonchev–Trinajstić information content (AvgIpc) is 1.44. The number of Topliss-reactive ketones (excluding diaryl/α,β-unsaturated/α-hetero) is 3. The van der Waals surface area contributed by atoms with Crippen LogP contribution in [0.15, 0.2) is 34.9 Å². The molecule has 0 spiro atoms. The van der Waals surface area contributed by atoms with E-state index in [4.69, 9.17) is 37.9 Å². The van der Waals surface area contributed by atoms with Crippen molar-refractivity contribution in [2.24, 2.45) is 148 Å². The predicted octanol–water partition coefficient (Wildman–Crippen LogP) is 10.9. The van der Waals surface area contributed by atoms with E-state index in [-0.39, 0.29) is 122 Å². The number of aliphatic hydroxyl groups is 19. The maximum Gasteiger partial charge on any atom is 0.187 e. The van der Waals surface area contributed by atoms with Gasteiger partial charge in [0.05, 0.1) is 98.2 Å². The summed E-state index contributed by atoms with van der Waals surface area (Å²) in [4.78, 5) is 43.7. The third kappa shape index (κ3) is 19.9. The van der Waals surface area contributed by atoms with Gasteiger partial charge in [-0.25, -0.2) is 0 Å². The predicted molar refractivity (Wildman–Crippen MR) is 545 cm³/mol. The number of carbonyl (C=O) groups is 3. The van der Waals surface area contributed by atoms with Crippen LogP contribution in [0, 0.1) is 148 Å². The van der Waals surface area contributed by atoms with Crippen molar-refractivity contribution in [1.29, 1.82) is 0 Å². The molecule has 30 heteroatoms. The molecule has 19 N–H and O–H groups in total. The fourth-order valence-electron chi connectivity index (χ4n) is 34.6. The second-order valence-electron chi connectivity index (χ2n) is 55.2. The Labute approximate surface area is 869 Å². The Balaban J connectivity index is 0.000000175.